The Morgan fingerprint density at radius 1 is 0.667 bits per heavy atom. The van der Waals surface area contributed by atoms with Crippen molar-refractivity contribution in [3.8, 4) is 23.0 Å². The third-order valence-electron chi connectivity index (χ3n) is 6.52. The molecule has 8 nitrogen and oxygen atoms in total. The lowest BCUT2D eigenvalue weighted by atomic mass is 10.1. The normalized spacial score (nSPS) is 10.4. The molecule has 0 aliphatic carbocycles. The van der Waals surface area contributed by atoms with Gasteiger partial charge in [0, 0.05) is 18.1 Å². The second-order valence-corrected chi connectivity index (χ2v) is 9.61. The van der Waals surface area contributed by atoms with Gasteiger partial charge in [-0.15, -0.1) is 6.58 Å². The van der Waals surface area contributed by atoms with Crippen LogP contribution in [-0.4, -0.2) is 32.1 Å². The molecule has 8 heteroatoms. The fraction of sp³-hybridized carbons (Fsp3) is 0.324. The highest BCUT2D eigenvalue weighted by atomic mass is 16.6. The van der Waals surface area contributed by atoms with Crippen molar-refractivity contribution in [2.45, 2.75) is 58.0 Å². The van der Waals surface area contributed by atoms with Gasteiger partial charge in [0.05, 0.1) is 25.3 Å². The van der Waals surface area contributed by atoms with Gasteiger partial charge in [0.25, 0.3) is 0 Å². The molecule has 0 saturated heterocycles. The van der Waals surface area contributed by atoms with E-state index in [1.54, 1.807) is 67.8 Å². The van der Waals surface area contributed by atoms with Gasteiger partial charge in [-0.2, -0.15) is 0 Å². The zero-order valence-corrected chi connectivity index (χ0v) is 24.3. The molecule has 0 aliphatic heterocycles. The number of ether oxygens (including phenoxy) is 5. The Hall–Kier alpha value is -4.59. The molecule has 0 saturated carbocycles. The summed E-state index contributed by atoms with van der Waals surface area (Å²) in [6, 6.07) is 17.6. The van der Waals surface area contributed by atoms with Crippen LogP contribution in [0.15, 0.2) is 79.4 Å². The van der Waals surface area contributed by atoms with Gasteiger partial charge in [0.2, 0.25) is 0 Å². The zero-order chi connectivity index (χ0) is 30.2. The van der Waals surface area contributed by atoms with Crippen LogP contribution in [0.4, 0.5) is 0 Å². The Morgan fingerprint density at radius 2 is 1.21 bits per heavy atom. The van der Waals surface area contributed by atoms with Gasteiger partial charge in [-0.25, -0.2) is 9.59 Å². The Balaban J connectivity index is 1.65. The van der Waals surface area contributed by atoms with Crippen LogP contribution in [-0.2, 0) is 16.1 Å². The number of allylic oxidation sites excluding steroid dienone is 1. The summed E-state index contributed by atoms with van der Waals surface area (Å²) in [4.78, 5) is 38.0. The fourth-order valence-corrected chi connectivity index (χ4v) is 4.10. The summed E-state index contributed by atoms with van der Waals surface area (Å²) in [5, 5.41) is 0. The lowest BCUT2D eigenvalue weighted by Gasteiger charge is -2.13. The molecule has 0 aromatic heterocycles. The van der Waals surface area contributed by atoms with Crippen molar-refractivity contribution >= 4 is 17.9 Å². The van der Waals surface area contributed by atoms with Gasteiger partial charge < -0.3 is 23.7 Å². The first-order chi connectivity index (χ1) is 20.4. The standard InChI is InChI=1S/C34H38O8/c1-4-5-6-7-8-9-10-11-12-32(35)42-31-23-30(41-34(37)26-15-20-29(39-3)21-16-26)22-17-27(31)24-40-33(36)25-13-18-28(38-2)19-14-25/h4,13-23H,1,5-12,24H2,2-3H3. The molecule has 0 N–H and O–H groups in total. The third kappa shape index (κ3) is 10.4. The van der Waals surface area contributed by atoms with Gasteiger partial charge in [-0.05, 0) is 79.9 Å². The van der Waals surface area contributed by atoms with Crippen molar-refractivity contribution in [2.24, 2.45) is 0 Å². The molecule has 0 amide bonds. The molecular formula is C34H38O8. The molecule has 42 heavy (non-hydrogen) atoms. The summed E-state index contributed by atoms with van der Waals surface area (Å²) in [7, 11) is 3.08. The van der Waals surface area contributed by atoms with Crippen LogP contribution < -0.4 is 18.9 Å². The average Bonchev–Trinajstić information content (AvgIpc) is 3.01. The highest BCUT2D eigenvalue weighted by Crippen LogP contribution is 2.28. The highest BCUT2D eigenvalue weighted by Gasteiger charge is 2.16. The number of benzene rings is 3. The molecule has 0 bridgehead atoms. The van der Waals surface area contributed by atoms with Crippen LogP contribution in [0.5, 0.6) is 23.0 Å². The molecule has 222 valence electrons. The molecule has 0 atom stereocenters. The summed E-state index contributed by atoms with van der Waals surface area (Å²) < 4.78 is 26.9. The van der Waals surface area contributed by atoms with Crippen molar-refractivity contribution < 1.29 is 38.1 Å². The van der Waals surface area contributed by atoms with Crippen molar-refractivity contribution in [1.29, 1.82) is 0 Å². The van der Waals surface area contributed by atoms with Gasteiger partial charge in [-0.3, -0.25) is 4.79 Å². The van der Waals surface area contributed by atoms with Crippen molar-refractivity contribution in [3.05, 3.63) is 96.1 Å². The smallest absolute Gasteiger partial charge is 0.343 e. The summed E-state index contributed by atoms with van der Waals surface area (Å²) in [5.74, 6) is 0.0355. The number of carbonyl (C=O) groups excluding carboxylic acids is 3. The van der Waals surface area contributed by atoms with Crippen LogP contribution in [0, 0.1) is 0 Å². The van der Waals surface area contributed by atoms with Crippen LogP contribution in [0.1, 0.15) is 77.6 Å². The lowest BCUT2D eigenvalue weighted by Crippen LogP contribution is -2.12. The number of unbranched alkanes of at least 4 members (excludes halogenated alkanes) is 6. The van der Waals surface area contributed by atoms with E-state index >= 15 is 0 Å². The van der Waals surface area contributed by atoms with E-state index in [-0.39, 0.29) is 24.5 Å². The molecule has 0 aliphatic rings. The maximum Gasteiger partial charge on any atom is 0.343 e. The van der Waals surface area contributed by atoms with Crippen LogP contribution in [0.2, 0.25) is 0 Å². The minimum absolute atomic E-state index is 0.148. The minimum atomic E-state index is -0.582. The molecule has 0 fully saturated rings. The van der Waals surface area contributed by atoms with Crippen molar-refractivity contribution in [2.75, 3.05) is 14.2 Å². The van der Waals surface area contributed by atoms with Crippen molar-refractivity contribution in [1.82, 2.24) is 0 Å². The molecular weight excluding hydrogens is 536 g/mol. The first-order valence-corrected chi connectivity index (χ1v) is 14.1. The van der Waals surface area contributed by atoms with Crippen LogP contribution >= 0.6 is 0 Å². The summed E-state index contributed by atoms with van der Waals surface area (Å²) in [6.07, 6.45) is 9.28. The molecule has 0 unspecified atom stereocenters. The maximum atomic E-state index is 12.7. The van der Waals surface area contributed by atoms with Gasteiger partial charge in [-0.1, -0.05) is 31.8 Å². The van der Waals surface area contributed by atoms with E-state index in [4.69, 9.17) is 23.7 Å². The Kier molecular flexibility index (Phi) is 13.1. The molecule has 0 radical (unpaired) electrons. The SMILES string of the molecule is C=CCCCCCCCCC(=O)Oc1cc(OC(=O)c2ccc(OC)cc2)ccc1COC(=O)c1ccc(OC)cc1. The van der Waals surface area contributed by atoms with E-state index in [9.17, 15) is 14.4 Å². The van der Waals surface area contributed by atoms with E-state index < -0.39 is 17.9 Å². The van der Waals surface area contributed by atoms with E-state index in [2.05, 4.69) is 6.58 Å². The largest absolute Gasteiger partial charge is 0.497 e. The summed E-state index contributed by atoms with van der Waals surface area (Å²) in [5.41, 5.74) is 1.14. The first-order valence-electron chi connectivity index (χ1n) is 14.1. The zero-order valence-electron chi connectivity index (χ0n) is 24.3. The number of hydrogen-bond donors (Lipinski definition) is 0. The summed E-state index contributed by atoms with van der Waals surface area (Å²) in [6.45, 7) is 3.59. The first kappa shape index (κ1) is 31.9. The molecule has 0 spiro atoms. The second-order valence-electron chi connectivity index (χ2n) is 9.61. The Bertz CT molecular complexity index is 1310. The topological polar surface area (TPSA) is 97.4 Å². The molecule has 3 aromatic rings. The maximum absolute atomic E-state index is 12.7. The molecule has 3 rings (SSSR count). The predicted molar refractivity (Wildman–Crippen MR) is 159 cm³/mol. The number of methoxy groups -OCH3 is 2. The number of carbonyl (C=O) groups is 3. The monoisotopic (exact) mass is 574 g/mol. The van der Waals surface area contributed by atoms with Gasteiger partial charge >= 0.3 is 17.9 Å². The molecule has 0 heterocycles. The van der Waals surface area contributed by atoms with Crippen LogP contribution in [0.25, 0.3) is 0 Å². The average molecular weight is 575 g/mol. The van der Waals surface area contributed by atoms with Crippen molar-refractivity contribution in [3.63, 3.8) is 0 Å². The van der Waals surface area contributed by atoms with E-state index in [0.717, 1.165) is 38.5 Å². The van der Waals surface area contributed by atoms with Gasteiger partial charge in [0.15, 0.2) is 0 Å². The van der Waals surface area contributed by atoms with Crippen LogP contribution in [0.3, 0.4) is 0 Å². The lowest BCUT2D eigenvalue weighted by molar-refractivity contribution is -0.134. The van der Waals surface area contributed by atoms with E-state index in [0.29, 0.717) is 34.6 Å². The Labute approximate surface area is 247 Å². The predicted octanol–water partition coefficient (Wildman–Crippen LogP) is 7.49. The second kappa shape index (κ2) is 17.3. The number of esters is 3. The fourth-order valence-electron chi connectivity index (χ4n) is 4.10. The third-order valence-corrected chi connectivity index (χ3v) is 6.52. The summed E-state index contributed by atoms with van der Waals surface area (Å²) >= 11 is 0. The number of hydrogen-bond acceptors (Lipinski definition) is 8. The Morgan fingerprint density at radius 3 is 1.81 bits per heavy atom. The minimum Gasteiger partial charge on any atom is -0.497 e. The highest BCUT2D eigenvalue weighted by molar-refractivity contribution is 5.91. The van der Waals surface area contributed by atoms with E-state index in [1.165, 1.54) is 13.2 Å². The number of rotatable bonds is 17. The molecule has 3 aromatic carbocycles. The van der Waals surface area contributed by atoms with Gasteiger partial charge in [0.1, 0.15) is 29.6 Å². The quantitative estimate of drug-likeness (QED) is 0.0708. The van der Waals surface area contributed by atoms with E-state index in [1.807, 2.05) is 6.08 Å².